The van der Waals surface area contributed by atoms with Gasteiger partial charge in [0.25, 0.3) is 5.56 Å². The van der Waals surface area contributed by atoms with Gasteiger partial charge in [0.05, 0.1) is 24.5 Å². The van der Waals surface area contributed by atoms with Gasteiger partial charge in [-0.25, -0.2) is 4.68 Å². The number of hydrogen-bond donors (Lipinski definition) is 0. The van der Waals surface area contributed by atoms with Crippen molar-refractivity contribution in [3.8, 4) is 0 Å². The molecule has 1 atom stereocenters. The molecule has 1 aliphatic heterocycles. The third kappa shape index (κ3) is 2.79. The highest BCUT2D eigenvalue weighted by molar-refractivity contribution is 6.17. The van der Waals surface area contributed by atoms with Gasteiger partial charge in [-0.05, 0) is 6.42 Å². The van der Waals surface area contributed by atoms with Crippen molar-refractivity contribution in [1.29, 1.82) is 0 Å². The molecule has 1 unspecified atom stereocenters. The van der Waals surface area contributed by atoms with Gasteiger partial charge in [-0.15, -0.1) is 11.6 Å². The van der Waals surface area contributed by atoms with Crippen molar-refractivity contribution in [3.63, 3.8) is 0 Å². The van der Waals surface area contributed by atoms with Crippen LogP contribution in [0.3, 0.4) is 0 Å². The highest BCUT2D eigenvalue weighted by Gasteiger charge is 2.22. The third-order valence-corrected chi connectivity index (χ3v) is 3.16. The maximum absolute atomic E-state index is 11.7. The minimum Gasteiger partial charge on any atom is -0.380 e. The van der Waals surface area contributed by atoms with Crippen molar-refractivity contribution in [3.05, 3.63) is 22.6 Å². The lowest BCUT2D eigenvalue weighted by Crippen LogP contribution is -2.27. The summed E-state index contributed by atoms with van der Waals surface area (Å²) in [5.41, 5.74) is 0.754. The number of aromatic nitrogens is 2. The average molecular weight is 258 g/mol. The highest BCUT2D eigenvalue weighted by Crippen LogP contribution is 2.19. The van der Waals surface area contributed by atoms with E-state index < -0.39 is 0 Å². The summed E-state index contributed by atoms with van der Waals surface area (Å²) in [4.78, 5) is 13.8. The fourth-order valence-corrected chi connectivity index (χ4v) is 2.16. The van der Waals surface area contributed by atoms with Gasteiger partial charge >= 0.3 is 0 Å². The zero-order valence-electron chi connectivity index (χ0n) is 9.80. The number of halogens is 1. The Morgan fingerprint density at radius 2 is 2.47 bits per heavy atom. The van der Waals surface area contributed by atoms with Crippen LogP contribution in [-0.2, 0) is 11.3 Å². The molecule has 0 aliphatic carbocycles. The minimum absolute atomic E-state index is 0.107. The van der Waals surface area contributed by atoms with E-state index in [-0.39, 0.29) is 11.7 Å². The second kappa shape index (κ2) is 5.51. The van der Waals surface area contributed by atoms with Crippen LogP contribution in [-0.4, -0.2) is 42.0 Å². The molecule has 5 nitrogen and oxygen atoms in total. The normalized spacial score (nSPS) is 19.9. The van der Waals surface area contributed by atoms with Crippen LogP contribution >= 0.6 is 11.6 Å². The maximum atomic E-state index is 11.7. The third-order valence-electron chi connectivity index (χ3n) is 2.99. The summed E-state index contributed by atoms with van der Waals surface area (Å²) in [6, 6.07) is 1.61. The number of hydrogen-bond acceptors (Lipinski definition) is 4. The summed E-state index contributed by atoms with van der Waals surface area (Å²) < 4.78 is 6.67. The molecule has 1 fully saturated rings. The lowest BCUT2D eigenvalue weighted by molar-refractivity contribution is 0.121. The van der Waals surface area contributed by atoms with Crippen LogP contribution in [0.25, 0.3) is 0 Å². The molecule has 0 aromatic carbocycles. The molecule has 0 bridgehead atoms. The van der Waals surface area contributed by atoms with Crippen LogP contribution in [0.4, 0.5) is 5.69 Å². The number of methoxy groups -OCH3 is 1. The monoisotopic (exact) mass is 257 g/mol. The average Bonchev–Trinajstić information content (AvgIpc) is 2.80. The van der Waals surface area contributed by atoms with E-state index in [4.69, 9.17) is 16.3 Å². The summed E-state index contributed by atoms with van der Waals surface area (Å²) in [7, 11) is 1.71. The van der Waals surface area contributed by atoms with E-state index in [1.807, 2.05) is 0 Å². The van der Waals surface area contributed by atoms with Crippen molar-refractivity contribution < 1.29 is 4.74 Å². The fraction of sp³-hybridized carbons (Fsp3) is 0.636. The lowest BCUT2D eigenvalue weighted by Gasteiger charge is -2.17. The van der Waals surface area contributed by atoms with E-state index in [0.717, 1.165) is 25.2 Å². The first kappa shape index (κ1) is 12.4. The molecule has 1 saturated heterocycles. The molecule has 0 radical (unpaired) electrons. The van der Waals surface area contributed by atoms with Crippen LogP contribution in [0.15, 0.2) is 17.1 Å². The van der Waals surface area contributed by atoms with Gasteiger partial charge in [0.15, 0.2) is 0 Å². The zero-order chi connectivity index (χ0) is 12.3. The molecular formula is C11H16ClN3O2. The number of ether oxygens (including phenoxy) is 1. The molecule has 0 saturated carbocycles. The SMILES string of the molecule is COC1CCN(c2cnn(CCCl)c(=O)c2)C1. The summed E-state index contributed by atoms with van der Waals surface area (Å²) >= 11 is 5.59. The topological polar surface area (TPSA) is 47.4 Å². The Balaban J connectivity index is 2.12. The molecule has 0 spiro atoms. The fourth-order valence-electron chi connectivity index (χ4n) is 2.00. The van der Waals surface area contributed by atoms with E-state index in [1.54, 1.807) is 19.4 Å². The Bertz CT molecular complexity index is 435. The first-order valence-electron chi connectivity index (χ1n) is 5.65. The van der Waals surface area contributed by atoms with Gasteiger partial charge in [0.1, 0.15) is 0 Å². The Labute approximate surface area is 105 Å². The predicted molar refractivity (Wildman–Crippen MR) is 66.8 cm³/mol. The molecule has 0 N–H and O–H groups in total. The van der Waals surface area contributed by atoms with E-state index in [2.05, 4.69) is 10.00 Å². The Morgan fingerprint density at radius 3 is 3.06 bits per heavy atom. The summed E-state index contributed by atoms with van der Waals surface area (Å²) in [6.45, 7) is 2.16. The molecule has 17 heavy (non-hydrogen) atoms. The molecule has 6 heteroatoms. The number of aryl methyl sites for hydroxylation is 1. The van der Waals surface area contributed by atoms with Crippen LogP contribution in [0.1, 0.15) is 6.42 Å². The molecular weight excluding hydrogens is 242 g/mol. The van der Waals surface area contributed by atoms with Crippen LogP contribution < -0.4 is 10.5 Å². The Hall–Kier alpha value is -1.07. The predicted octanol–water partition coefficient (Wildman–Crippen LogP) is 0.707. The molecule has 94 valence electrons. The number of anilines is 1. The van der Waals surface area contributed by atoms with E-state index >= 15 is 0 Å². The van der Waals surface area contributed by atoms with E-state index in [9.17, 15) is 4.79 Å². The van der Waals surface area contributed by atoms with Crippen LogP contribution in [0.5, 0.6) is 0 Å². The number of nitrogens with zero attached hydrogens (tertiary/aromatic N) is 3. The molecule has 2 heterocycles. The van der Waals surface area contributed by atoms with Gasteiger partial charge in [0, 0.05) is 32.1 Å². The van der Waals surface area contributed by atoms with Gasteiger partial charge in [0.2, 0.25) is 0 Å². The molecule has 1 aliphatic rings. The quantitative estimate of drug-likeness (QED) is 0.746. The maximum Gasteiger partial charge on any atom is 0.268 e. The molecule has 1 aromatic rings. The summed E-state index contributed by atoms with van der Waals surface area (Å²) in [5, 5.41) is 4.10. The number of rotatable bonds is 4. The van der Waals surface area contributed by atoms with Crippen LogP contribution in [0, 0.1) is 0 Å². The second-order valence-corrected chi connectivity index (χ2v) is 4.43. The largest absolute Gasteiger partial charge is 0.380 e. The minimum atomic E-state index is -0.107. The second-order valence-electron chi connectivity index (χ2n) is 4.06. The highest BCUT2D eigenvalue weighted by atomic mass is 35.5. The summed E-state index contributed by atoms with van der Waals surface area (Å²) in [6.07, 6.45) is 2.95. The number of alkyl halides is 1. The Morgan fingerprint density at radius 1 is 1.65 bits per heavy atom. The van der Waals surface area contributed by atoms with Gasteiger partial charge in [-0.2, -0.15) is 5.10 Å². The standard InChI is InChI=1S/C11H16ClN3O2/c1-17-10-2-4-14(8-10)9-6-11(16)15(5-3-12)13-7-9/h6-7,10H,2-5,8H2,1H3. The van der Waals surface area contributed by atoms with Gasteiger partial charge in [-0.1, -0.05) is 0 Å². The Kier molecular flexibility index (Phi) is 4.02. The molecule has 0 amide bonds. The zero-order valence-corrected chi connectivity index (χ0v) is 10.6. The van der Waals surface area contributed by atoms with Crippen molar-refractivity contribution in [2.75, 3.05) is 31.0 Å². The van der Waals surface area contributed by atoms with E-state index in [0.29, 0.717) is 12.4 Å². The first-order valence-corrected chi connectivity index (χ1v) is 6.19. The van der Waals surface area contributed by atoms with E-state index in [1.165, 1.54) is 4.68 Å². The van der Waals surface area contributed by atoms with Crippen molar-refractivity contribution in [1.82, 2.24) is 9.78 Å². The van der Waals surface area contributed by atoms with Crippen LogP contribution in [0.2, 0.25) is 0 Å². The summed E-state index contributed by atoms with van der Waals surface area (Å²) in [5.74, 6) is 0.391. The van der Waals surface area contributed by atoms with Gasteiger partial charge in [-0.3, -0.25) is 4.79 Å². The van der Waals surface area contributed by atoms with Crippen molar-refractivity contribution in [2.24, 2.45) is 0 Å². The lowest BCUT2D eigenvalue weighted by atomic mass is 10.3. The van der Waals surface area contributed by atoms with Gasteiger partial charge < -0.3 is 9.64 Å². The smallest absolute Gasteiger partial charge is 0.268 e. The molecule has 1 aromatic heterocycles. The van der Waals surface area contributed by atoms with Crippen molar-refractivity contribution in [2.45, 2.75) is 19.1 Å². The first-order chi connectivity index (χ1) is 8.24. The van der Waals surface area contributed by atoms with Crippen molar-refractivity contribution >= 4 is 17.3 Å². The molecule has 2 rings (SSSR count).